The van der Waals surface area contributed by atoms with Crippen molar-refractivity contribution in [1.29, 1.82) is 0 Å². The number of aromatic nitrogens is 2. The molecule has 8 aliphatic rings. The molecule has 4 aromatic carbocycles. The van der Waals surface area contributed by atoms with Crippen LogP contribution in [0.1, 0.15) is 283 Å². The van der Waals surface area contributed by atoms with Crippen molar-refractivity contribution in [3.8, 4) is 23.0 Å². The van der Waals surface area contributed by atoms with Gasteiger partial charge in [-0.3, -0.25) is 9.59 Å². The van der Waals surface area contributed by atoms with Crippen molar-refractivity contribution in [2.45, 2.75) is 277 Å². The minimum atomic E-state index is -1.30. The quantitative estimate of drug-likeness (QED) is 0.0210. The van der Waals surface area contributed by atoms with E-state index in [2.05, 4.69) is 178 Å². The summed E-state index contributed by atoms with van der Waals surface area (Å²) < 4.78 is 24.5. The topological polar surface area (TPSA) is 217 Å². The van der Waals surface area contributed by atoms with Crippen molar-refractivity contribution >= 4 is 69.2 Å². The zero-order chi connectivity index (χ0) is 90.0. The van der Waals surface area contributed by atoms with Crippen LogP contribution in [-0.4, -0.2) is 95.5 Å². The smallest absolute Gasteiger partial charge is 0.316 e. The number of nitrogens with one attached hydrogen (secondary N) is 4. The molecule has 4 unspecified atom stereocenters. The molecule has 0 aliphatic carbocycles. The van der Waals surface area contributed by atoms with Crippen LogP contribution >= 0.6 is 0 Å². The van der Waals surface area contributed by atoms with E-state index in [0.29, 0.717) is 24.3 Å². The van der Waals surface area contributed by atoms with Gasteiger partial charge < -0.3 is 49.8 Å². The van der Waals surface area contributed by atoms with Gasteiger partial charge in [-0.15, -0.1) is 0 Å². The summed E-state index contributed by atoms with van der Waals surface area (Å²) in [4.78, 5) is 58.9. The number of hydrogen-bond donors (Lipinski definition) is 6. The van der Waals surface area contributed by atoms with Crippen LogP contribution in [0.5, 0.6) is 23.0 Å². The molecule has 8 aliphatic heterocycles. The van der Waals surface area contributed by atoms with Gasteiger partial charge >= 0.3 is 11.9 Å². The maximum atomic E-state index is 14.1. The number of benzene rings is 4. The maximum Gasteiger partial charge on any atom is 0.316 e. The number of aromatic amines is 2. The van der Waals surface area contributed by atoms with Gasteiger partial charge in [0.25, 0.3) is 0 Å². The largest absolute Gasteiger partial charge is 0.496 e. The first kappa shape index (κ1) is 95.5. The van der Waals surface area contributed by atoms with Crippen LogP contribution in [0.2, 0.25) is 0 Å². The summed E-state index contributed by atoms with van der Waals surface area (Å²) in [5.74, 6) is 1.24. The van der Waals surface area contributed by atoms with Crippen LogP contribution in [-0.2, 0) is 41.9 Å². The van der Waals surface area contributed by atoms with E-state index in [4.69, 9.17) is 38.9 Å². The molecule has 14 rings (SSSR count). The van der Waals surface area contributed by atoms with Gasteiger partial charge in [0.2, 0.25) is 0 Å². The molecule has 0 fully saturated rings. The first-order chi connectivity index (χ1) is 61.0. The van der Waals surface area contributed by atoms with Gasteiger partial charge in [-0.25, -0.2) is 20.0 Å². The average molecular weight is 1760 g/mol. The van der Waals surface area contributed by atoms with Gasteiger partial charge in [0.1, 0.15) is 33.8 Å². The Morgan fingerprint density at radius 1 is 0.378 bits per heavy atom. The summed E-state index contributed by atoms with van der Waals surface area (Å²) in [6.45, 7) is 34.8. The minimum Gasteiger partial charge on any atom is -0.496 e. The number of carboxylic acids is 2. The molecule has 10 heterocycles. The van der Waals surface area contributed by atoms with E-state index in [1.165, 1.54) is 44.5 Å². The van der Waals surface area contributed by atoms with E-state index < -0.39 is 34.9 Å². The number of carboxylic acid groups (broad SMARTS) is 2. The normalized spacial score (nSPS) is 22.9. The fraction of sp³-hybridized carbons (Fsp3) is 0.436. The van der Waals surface area contributed by atoms with Crippen LogP contribution in [0.15, 0.2) is 219 Å². The second-order valence-corrected chi connectivity index (χ2v) is 35.5. The summed E-state index contributed by atoms with van der Waals surface area (Å²) in [5.41, 5.74) is 29.3. The Bertz CT molecular complexity index is 5660. The minimum absolute atomic E-state index is 0. The van der Waals surface area contributed by atoms with E-state index in [1.54, 1.807) is 28.4 Å². The Hall–Kier alpha value is -10.6. The second kappa shape index (κ2) is 42.1. The number of aliphatic carboxylic acids is 2. The van der Waals surface area contributed by atoms with Gasteiger partial charge in [0.15, 0.2) is 0 Å². The Morgan fingerprint density at radius 2 is 0.661 bits per heavy atom. The second-order valence-electron chi connectivity index (χ2n) is 35.5. The van der Waals surface area contributed by atoms with Crippen molar-refractivity contribution in [1.82, 2.24) is 20.6 Å². The SMILES string of the molecule is CCCCC1=C(C)C2=NC/1=C(/c1ccccc1OC)C1=C(CCCC)C(C)(C(=O)O)C(\C=C3/N=C(C(CCCC)=C3C)/C(c3ccccc3OC)=c3\[nH]/c(c(C)c3CCCC)=C\2)N1.CCCCC1=C(C)C2=NC/1=C(/c1ccccc1OC)C1=C(CCCC)C(C)(C(=O)O)C(\C=C3/N=C(C(CCCC)=C3C)/C(c3ccccc3OC)=c3\[nH]/c(c(C)c3CCCC)=C\2)N1.[Zn]. The Morgan fingerprint density at radius 3 is 0.961 bits per heavy atom. The number of methoxy groups -OCH3 is 4. The molecule has 4 atom stereocenters. The van der Waals surface area contributed by atoms with E-state index in [1.807, 2.05) is 74.5 Å². The van der Waals surface area contributed by atoms with Crippen molar-refractivity contribution < 1.29 is 58.2 Å². The fourth-order valence-electron chi connectivity index (χ4n) is 19.9. The number of hydrogen-bond acceptors (Lipinski definition) is 12. The zero-order valence-corrected chi connectivity index (χ0v) is 82.5. The summed E-state index contributed by atoms with van der Waals surface area (Å²) in [7, 11) is 6.88. The predicted molar refractivity (Wildman–Crippen MR) is 520 cm³/mol. The van der Waals surface area contributed by atoms with Gasteiger partial charge in [-0.1, -0.05) is 180 Å². The molecule has 0 spiro atoms. The van der Waals surface area contributed by atoms with Crippen LogP contribution < -0.4 is 51.0 Å². The maximum absolute atomic E-state index is 14.1. The number of rotatable bonds is 34. The number of H-pyrrole nitrogens is 2. The first-order valence-electron chi connectivity index (χ1n) is 46.9. The van der Waals surface area contributed by atoms with E-state index in [9.17, 15) is 19.8 Å². The van der Waals surface area contributed by atoms with Gasteiger partial charge in [0.05, 0.1) is 96.9 Å². The molecule has 16 bridgehead atoms. The van der Waals surface area contributed by atoms with E-state index in [-0.39, 0.29) is 19.5 Å². The van der Waals surface area contributed by atoms with Crippen molar-refractivity contribution in [2.24, 2.45) is 30.8 Å². The molecule has 0 amide bonds. The van der Waals surface area contributed by atoms with E-state index >= 15 is 0 Å². The van der Waals surface area contributed by atoms with Crippen LogP contribution in [0.25, 0.3) is 34.4 Å². The number of ether oxygens (including phenoxy) is 4. The van der Waals surface area contributed by atoms with Crippen LogP contribution in [0.3, 0.4) is 0 Å². The van der Waals surface area contributed by atoms with Gasteiger partial charge in [-0.05, 0) is 285 Å². The molecule has 666 valence electrons. The Labute approximate surface area is 767 Å². The van der Waals surface area contributed by atoms with Crippen LogP contribution in [0, 0.1) is 24.7 Å². The molecule has 6 aromatic rings. The summed E-state index contributed by atoms with van der Waals surface area (Å²) in [6.07, 6.45) is 30.9. The number of para-hydroxylation sites is 4. The van der Waals surface area contributed by atoms with Crippen molar-refractivity contribution in [2.75, 3.05) is 28.4 Å². The summed E-state index contributed by atoms with van der Waals surface area (Å²) in [5, 5.41) is 35.1. The third-order valence-electron chi connectivity index (χ3n) is 27.8. The van der Waals surface area contributed by atoms with Gasteiger partial charge in [-0.2, -0.15) is 0 Å². The van der Waals surface area contributed by atoms with E-state index in [0.717, 1.165) is 309 Å². The predicted octanol–water partition coefficient (Wildman–Crippen LogP) is 22.8. The first-order valence-corrected chi connectivity index (χ1v) is 46.9. The molecule has 0 saturated carbocycles. The number of allylic oxidation sites excluding steroid dienone is 10. The fourth-order valence-corrected chi connectivity index (χ4v) is 19.9. The van der Waals surface area contributed by atoms with Gasteiger partial charge in [0, 0.05) is 86.1 Å². The van der Waals surface area contributed by atoms with Crippen molar-refractivity contribution in [3.63, 3.8) is 0 Å². The molecule has 2 aromatic heterocycles. The molecule has 6 N–H and O–H groups in total. The van der Waals surface area contributed by atoms with Crippen molar-refractivity contribution in [3.05, 3.63) is 265 Å². The zero-order valence-electron chi connectivity index (χ0n) is 79.5. The summed E-state index contributed by atoms with van der Waals surface area (Å²) >= 11 is 0. The Kier molecular flexibility index (Phi) is 31.6. The molecular formula is C110H136N8O8Zn. The molecule has 0 radical (unpaired) electrons. The average Bonchev–Trinajstić information content (AvgIpc) is 1.57. The Balaban J connectivity index is 0.000000229. The summed E-state index contributed by atoms with van der Waals surface area (Å²) in [6, 6.07) is 31.5. The standard InChI is InChI=1S/2C55H68N4O4.Zn/c2*1-11-15-23-36-33(5)42-31-43-34(6)37(24-16-12-2)52(57-43)49(40-27-20-22-30-46(40)63-10)53-41(28-18-14-4)55(8,54(60)61)47(59-53)32-44-35(7)38(25-17-13-3)51(58-44)48(50(36)56-42)39-26-19-21-29-45(39)62-9;/h2*19-22,26-27,29-32,47,56,59H,11-18,23-25,28H2,1-10H3,(H,60,61);/b2*42-31-,44-32-,50-48-,52-49-;. The number of unbranched alkanes of at least 4 members (excludes halogenated alkanes) is 8. The molecule has 127 heavy (non-hydrogen) atoms. The van der Waals surface area contributed by atoms with Crippen LogP contribution in [0.4, 0.5) is 0 Å². The molecule has 16 nitrogen and oxygen atoms in total. The third-order valence-corrected chi connectivity index (χ3v) is 27.8. The number of nitrogens with zero attached hydrogens (tertiary/aromatic N) is 4. The number of fused-ring (bicyclic) bond motifs is 12. The number of aliphatic imine (C=N–C) groups is 4. The molecule has 17 heteroatoms. The third kappa shape index (κ3) is 18.2. The molecule has 0 saturated heterocycles. The number of carbonyl (C=O) groups is 2. The monoisotopic (exact) mass is 1760 g/mol. The molecular weight excluding hydrogens is 1630 g/mol.